The van der Waals surface area contributed by atoms with Crippen LogP contribution in [0.3, 0.4) is 0 Å². The molecule has 1 saturated carbocycles. The molecule has 174 valence electrons. The summed E-state index contributed by atoms with van der Waals surface area (Å²) in [6, 6.07) is 8.40. The lowest BCUT2D eigenvalue weighted by Gasteiger charge is -2.21. The van der Waals surface area contributed by atoms with E-state index < -0.39 is 11.7 Å². The van der Waals surface area contributed by atoms with Crippen LogP contribution in [-0.4, -0.2) is 35.1 Å². The van der Waals surface area contributed by atoms with Gasteiger partial charge in [-0.3, -0.25) is 15.1 Å². The Labute approximate surface area is 201 Å². The van der Waals surface area contributed by atoms with Crippen molar-refractivity contribution in [2.75, 3.05) is 12.4 Å². The molecule has 0 bridgehead atoms. The number of hydrogen-bond acceptors (Lipinski definition) is 6. The quantitative estimate of drug-likeness (QED) is 0.346. The van der Waals surface area contributed by atoms with Crippen molar-refractivity contribution in [3.05, 3.63) is 59.5 Å². The second-order valence-corrected chi connectivity index (χ2v) is 8.38. The summed E-state index contributed by atoms with van der Waals surface area (Å²) in [5, 5.41) is 7.21. The number of anilines is 1. The number of hydroxylamine groups is 1. The van der Waals surface area contributed by atoms with E-state index >= 15 is 0 Å². The number of halogens is 2. The number of hydrogen-bond donors (Lipinski definition) is 3. The normalized spacial score (nSPS) is 17.2. The van der Waals surface area contributed by atoms with Gasteiger partial charge in [-0.05, 0) is 55.0 Å². The van der Waals surface area contributed by atoms with Gasteiger partial charge in [0.15, 0.2) is 0 Å². The van der Waals surface area contributed by atoms with E-state index in [0.29, 0.717) is 11.5 Å². The molecule has 1 aliphatic carbocycles. The smallest absolute Gasteiger partial charge is 0.295 e. The van der Waals surface area contributed by atoms with Gasteiger partial charge < -0.3 is 10.6 Å². The number of fused-ring (bicyclic) bond motifs is 1. The first kappa shape index (κ1) is 23.5. The van der Waals surface area contributed by atoms with Gasteiger partial charge in [0, 0.05) is 34.8 Å². The highest BCUT2D eigenvalue weighted by atomic mass is 35.5. The lowest BCUT2D eigenvalue weighted by molar-refractivity contribution is -0.116. The highest BCUT2D eigenvalue weighted by molar-refractivity contribution is 6.33. The number of carbonyl (C=O) groups excluding carboxylic acids is 1. The number of rotatable bonds is 7. The predicted octanol–water partition coefficient (Wildman–Crippen LogP) is 4.29. The van der Waals surface area contributed by atoms with Crippen LogP contribution in [0.15, 0.2) is 43.1 Å². The Morgan fingerprint density at radius 2 is 2.09 bits per heavy atom. The van der Waals surface area contributed by atoms with Crippen LogP contribution in [0.25, 0.3) is 27.7 Å². The molecule has 34 heavy (non-hydrogen) atoms. The van der Waals surface area contributed by atoms with E-state index in [1.165, 1.54) is 13.2 Å². The third-order valence-electron chi connectivity index (χ3n) is 5.78. The molecule has 4 rings (SSSR count). The van der Waals surface area contributed by atoms with Gasteiger partial charge in [0.25, 0.3) is 5.91 Å². The van der Waals surface area contributed by atoms with Gasteiger partial charge >= 0.3 is 0 Å². The van der Waals surface area contributed by atoms with Crippen molar-refractivity contribution < 1.29 is 14.0 Å². The largest absolute Gasteiger partial charge is 0.349 e. The van der Waals surface area contributed by atoms with Gasteiger partial charge in [-0.2, -0.15) is 0 Å². The van der Waals surface area contributed by atoms with Crippen molar-refractivity contribution >= 4 is 40.1 Å². The van der Waals surface area contributed by atoms with Crippen LogP contribution in [0, 0.1) is 18.2 Å². The summed E-state index contributed by atoms with van der Waals surface area (Å²) in [7, 11) is 1.42. The monoisotopic (exact) mass is 479 g/mol. The van der Waals surface area contributed by atoms with Crippen molar-refractivity contribution in [2.45, 2.75) is 31.3 Å². The van der Waals surface area contributed by atoms with E-state index in [1.54, 1.807) is 12.3 Å². The third kappa shape index (κ3) is 4.96. The summed E-state index contributed by atoms with van der Waals surface area (Å²) in [5.74, 6) is 1.63. The molecular formula is C25H23ClFN5O2. The van der Waals surface area contributed by atoms with Gasteiger partial charge in [-0.1, -0.05) is 24.2 Å². The molecule has 1 aromatic heterocycles. The Bertz CT molecular complexity index is 1310. The topological polar surface area (TPSA) is 88.2 Å². The molecule has 1 aliphatic rings. The summed E-state index contributed by atoms with van der Waals surface area (Å²) in [6.07, 6.45) is 9.57. The number of nitrogens with zero attached hydrogens (tertiary/aromatic N) is 2. The fraction of sp³-hybridized carbons (Fsp3) is 0.240. The first-order valence-electron chi connectivity index (χ1n) is 10.7. The second-order valence-electron chi connectivity index (χ2n) is 7.97. The molecule has 1 amide bonds. The summed E-state index contributed by atoms with van der Waals surface area (Å²) in [6.45, 7) is 3.79. The molecule has 0 unspecified atom stereocenters. The molecule has 0 radical (unpaired) electrons. The number of terminal acetylenes is 1. The zero-order valence-corrected chi connectivity index (χ0v) is 19.2. The number of amides is 1. The van der Waals surface area contributed by atoms with E-state index in [4.69, 9.17) is 22.9 Å². The Morgan fingerprint density at radius 1 is 1.29 bits per heavy atom. The molecule has 3 aromatic rings. The number of nitrogens with one attached hydrogen (secondary N) is 3. The van der Waals surface area contributed by atoms with Crippen LogP contribution in [0.4, 0.5) is 10.3 Å². The molecule has 2 atom stereocenters. The van der Waals surface area contributed by atoms with Crippen LogP contribution < -0.4 is 16.1 Å². The van der Waals surface area contributed by atoms with E-state index in [0.717, 1.165) is 35.7 Å². The summed E-state index contributed by atoms with van der Waals surface area (Å²) >= 11 is 6.34. The maximum absolute atomic E-state index is 14.4. The fourth-order valence-corrected chi connectivity index (χ4v) is 4.39. The number of benzene rings is 2. The zero-order chi connectivity index (χ0) is 24.2. The molecule has 0 saturated heterocycles. The summed E-state index contributed by atoms with van der Waals surface area (Å²) in [4.78, 5) is 25.4. The van der Waals surface area contributed by atoms with Gasteiger partial charge in [0.2, 0.25) is 5.95 Å². The maximum atomic E-state index is 14.4. The predicted molar refractivity (Wildman–Crippen MR) is 131 cm³/mol. The standard InChI is InChI=1S/C25H23ClFN5O2/c1-4-24(33)29-22-6-5-7-23(22)31-25-28-13-16-10-15(8-9-21(16)30-25)18-11-17(14(2)32-34-3)20(27)12-19(18)26/h1,8-13,22-23,32H,2,5-7H2,3H3,(H,29,33)(H,28,30,31)/t22-,23+/m0/s1. The number of aromatic nitrogens is 2. The molecule has 2 aromatic carbocycles. The highest BCUT2D eigenvalue weighted by Gasteiger charge is 2.28. The fourth-order valence-electron chi connectivity index (χ4n) is 4.13. The minimum absolute atomic E-state index is 0.000671. The molecule has 0 spiro atoms. The average molecular weight is 480 g/mol. The SMILES string of the molecule is C#CC(=O)N[C@H]1CCC[C@H]1Nc1ncc2cc(-c3cc(C(=C)NOC)c(F)cc3Cl)ccc2n1. The van der Waals surface area contributed by atoms with Gasteiger partial charge in [0.1, 0.15) is 5.82 Å². The molecule has 0 aliphatic heterocycles. The maximum Gasteiger partial charge on any atom is 0.295 e. The third-order valence-corrected chi connectivity index (χ3v) is 6.09. The van der Waals surface area contributed by atoms with Crippen molar-refractivity contribution in [3.63, 3.8) is 0 Å². The zero-order valence-electron chi connectivity index (χ0n) is 18.5. The van der Waals surface area contributed by atoms with Crippen LogP contribution in [0.2, 0.25) is 5.02 Å². The van der Waals surface area contributed by atoms with Gasteiger partial charge in [-0.15, -0.1) is 6.42 Å². The lowest BCUT2D eigenvalue weighted by atomic mass is 10.00. The van der Waals surface area contributed by atoms with Crippen molar-refractivity contribution in [1.29, 1.82) is 0 Å². The summed E-state index contributed by atoms with van der Waals surface area (Å²) in [5.41, 5.74) is 5.22. The van der Waals surface area contributed by atoms with E-state index in [-0.39, 0.29) is 28.4 Å². The summed E-state index contributed by atoms with van der Waals surface area (Å²) < 4.78 is 14.4. The first-order valence-corrected chi connectivity index (χ1v) is 11.1. The van der Waals surface area contributed by atoms with Crippen molar-refractivity contribution in [1.82, 2.24) is 20.8 Å². The van der Waals surface area contributed by atoms with Crippen LogP contribution in [-0.2, 0) is 9.63 Å². The van der Waals surface area contributed by atoms with E-state index in [9.17, 15) is 9.18 Å². The Hall–Kier alpha value is -3.67. The minimum Gasteiger partial charge on any atom is -0.349 e. The van der Waals surface area contributed by atoms with Crippen molar-refractivity contribution in [3.8, 4) is 23.5 Å². The van der Waals surface area contributed by atoms with Crippen LogP contribution in [0.5, 0.6) is 0 Å². The van der Waals surface area contributed by atoms with Crippen LogP contribution >= 0.6 is 11.6 Å². The second kappa shape index (κ2) is 10.1. The average Bonchev–Trinajstić information content (AvgIpc) is 3.25. The lowest BCUT2D eigenvalue weighted by Crippen LogP contribution is -2.43. The van der Waals surface area contributed by atoms with E-state index in [2.05, 4.69) is 38.6 Å². The highest BCUT2D eigenvalue weighted by Crippen LogP contribution is 2.34. The first-order chi connectivity index (χ1) is 16.4. The molecule has 7 nitrogen and oxygen atoms in total. The van der Waals surface area contributed by atoms with Crippen LogP contribution in [0.1, 0.15) is 24.8 Å². The minimum atomic E-state index is -0.508. The number of carbonyl (C=O) groups is 1. The van der Waals surface area contributed by atoms with Gasteiger partial charge in [0.05, 0.1) is 23.3 Å². The molecule has 1 fully saturated rings. The molecule has 1 heterocycles. The van der Waals surface area contributed by atoms with Gasteiger partial charge in [-0.25, -0.2) is 14.4 Å². The van der Waals surface area contributed by atoms with Crippen molar-refractivity contribution in [2.24, 2.45) is 0 Å². The molecular weight excluding hydrogens is 457 g/mol. The molecule has 9 heteroatoms. The van der Waals surface area contributed by atoms with E-state index in [1.807, 2.05) is 18.2 Å². The Kier molecular flexibility index (Phi) is 6.96. The Balaban J connectivity index is 1.59. The Morgan fingerprint density at radius 3 is 2.85 bits per heavy atom. The molecule has 3 N–H and O–H groups in total.